The highest BCUT2D eigenvalue weighted by Gasteiger charge is 2.38. The van der Waals surface area contributed by atoms with E-state index in [4.69, 9.17) is 24.3 Å². The van der Waals surface area contributed by atoms with Crippen molar-refractivity contribution in [3.8, 4) is 0 Å². The minimum atomic E-state index is -4.59. The molecule has 0 aliphatic rings. The molecule has 1 aromatic carbocycles. The average molecular weight is 497 g/mol. The van der Waals surface area contributed by atoms with Gasteiger partial charge in [-0.15, -0.1) is 0 Å². The summed E-state index contributed by atoms with van der Waals surface area (Å²) in [6.07, 6.45) is 1.22. The summed E-state index contributed by atoms with van der Waals surface area (Å²) >= 11 is 0. The Morgan fingerprint density at radius 2 is 1.21 bits per heavy atom. The molecule has 0 heterocycles. The lowest BCUT2D eigenvalue weighted by molar-refractivity contribution is -0.161. The van der Waals surface area contributed by atoms with Crippen LogP contribution in [0.4, 0.5) is 0 Å². The smallest absolute Gasteiger partial charge is 0.407 e. The number of amides is 1. The molecule has 0 bridgehead atoms. The first kappa shape index (κ1) is 29.2. The van der Waals surface area contributed by atoms with Gasteiger partial charge in [0.15, 0.2) is 0 Å². The van der Waals surface area contributed by atoms with E-state index in [1.54, 1.807) is 48.5 Å². The van der Waals surface area contributed by atoms with Gasteiger partial charge in [0.25, 0.3) is 5.52 Å². The van der Waals surface area contributed by atoms with E-state index < -0.39 is 55.4 Å². The Morgan fingerprint density at radius 1 is 0.824 bits per heavy atom. The first-order valence-corrected chi connectivity index (χ1v) is 11.9. The van der Waals surface area contributed by atoms with E-state index in [-0.39, 0.29) is 5.56 Å². The molecule has 11 heteroatoms. The molecule has 0 atom stereocenters. The second-order valence-corrected chi connectivity index (χ2v) is 11.4. The van der Waals surface area contributed by atoms with Gasteiger partial charge in [-0.3, -0.25) is 32.8 Å². The summed E-state index contributed by atoms with van der Waals surface area (Å²) in [7, 11) is -4.59. The molecule has 1 amide bonds. The minimum Gasteiger partial charge on any atom is -0.438 e. The fraction of sp³-hybridized carbons (Fsp3) is 0.478. The predicted octanol–water partition coefficient (Wildman–Crippen LogP) is 4.04. The van der Waals surface area contributed by atoms with Crippen LogP contribution in [0.15, 0.2) is 30.3 Å². The number of primary amides is 1. The maximum Gasteiger partial charge on any atom is 0.407 e. The van der Waals surface area contributed by atoms with Gasteiger partial charge in [-0.05, 0) is 59.6 Å². The molecule has 0 aliphatic heterocycles. The Morgan fingerprint density at radius 3 is 1.56 bits per heavy atom. The van der Waals surface area contributed by atoms with Crippen LogP contribution in [0.3, 0.4) is 0 Å². The first-order valence-electron chi connectivity index (χ1n) is 10.3. The second kappa shape index (κ2) is 11.6. The number of hydrogen-bond acceptors (Lipinski definition) is 9. The van der Waals surface area contributed by atoms with Gasteiger partial charge in [-0.1, -0.05) is 24.3 Å². The van der Waals surface area contributed by atoms with Crippen LogP contribution >= 0.6 is 7.60 Å². The van der Waals surface area contributed by atoms with Crippen molar-refractivity contribution in [1.82, 2.24) is 0 Å². The summed E-state index contributed by atoms with van der Waals surface area (Å²) in [5.41, 5.74) is 3.53. The number of carbonyl (C=O) groups excluding carboxylic acids is 4. The third-order valence-electron chi connectivity index (χ3n) is 4.24. The molecule has 10 nitrogen and oxygen atoms in total. The van der Waals surface area contributed by atoms with E-state index in [2.05, 4.69) is 0 Å². The Balaban J connectivity index is 3.08. The summed E-state index contributed by atoms with van der Waals surface area (Å²) in [5, 5.41) is 0. The Labute approximate surface area is 199 Å². The van der Waals surface area contributed by atoms with Crippen LogP contribution in [0, 0.1) is 10.8 Å². The van der Waals surface area contributed by atoms with Crippen LogP contribution < -0.4 is 5.73 Å². The van der Waals surface area contributed by atoms with Gasteiger partial charge >= 0.3 is 19.5 Å². The van der Waals surface area contributed by atoms with E-state index in [0.717, 1.165) is 0 Å². The molecular weight excluding hydrogens is 465 g/mol. The van der Waals surface area contributed by atoms with Crippen molar-refractivity contribution in [2.24, 2.45) is 16.6 Å². The Kier molecular flexibility index (Phi) is 9.93. The summed E-state index contributed by atoms with van der Waals surface area (Å²) in [6, 6.07) is 5.76. The van der Waals surface area contributed by atoms with Gasteiger partial charge in [0, 0.05) is 11.6 Å². The molecule has 0 unspecified atom stereocenters. The van der Waals surface area contributed by atoms with Crippen LogP contribution in [0.1, 0.15) is 64.4 Å². The van der Waals surface area contributed by atoms with Crippen molar-refractivity contribution >= 4 is 36.5 Å². The van der Waals surface area contributed by atoms with Gasteiger partial charge in [-0.2, -0.15) is 0 Å². The number of benzene rings is 1. The van der Waals surface area contributed by atoms with Crippen molar-refractivity contribution in [1.29, 1.82) is 0 Å². The third kappa shape index (κ3) is 8.85. The first-order chi connectivity index (χ1) is 15.5. The number of rotatable bonds is 10. The van der Waals surface area contributed by atoms with Crippen molar-refractivity contribution < 1.29 is 42.3 Å². The normalized spacial score (nSPS) is 12.7. The van der Waals surface area contributed by atoms with Gasteiger partial charge < -0.3 is 15.2 Å². The summed E-state index contributed by atoms with van der Waals surface area (Å²) < 4.78 is 33.3. The van der Waals surface area contributed by atoms with Gasteiger partial charge in [0.2, 0.25) is 19.5 Å². The highest BCUT2D eigenvalue weighted by molar-refractivity contribution is 7.72. The largest absolute Gasteiger partial charge is 0.438 e. The molecule has 0 aliphatic carbocycles. The lowest BCUT2D eigenvalue weighted by atomic mass is 9.98. The molecule has 1 rings (SSSR count). The fourth-order valence-corrected chi connectivity index (χ4v) is 3.37. The monoisotopic (exact) mass is 497 g/mol. The zero-order valence-electron chi connectivity index (χ0n) is 20.5. The molecule has 0 aromatic heterocycles. The van der Waals surface area contributed by atoms with E-state index in [0.29, 0.717) is 11.1 Å². The minimum absolute atomic E-state index is 0.0387. The third-order valence-corrected chi connectivity index (χ3v) is 5.89. The summed E-state index contributed by atoms with van der Waals surface area (Å²) in [4.78, 5) is 48.0. The molecule has 1 aromatic rings. The SMILES string of the molecule is C/C(=C\C(N)=O)c1ccc(C(=O)P(=O)(OCOC(=O)C(C)(C)C)OCOC(=O)C(C)(C)C)cc1. The van der Waals surface area contributed by atoms with Gasteiger partial charge in [0.05, 0.1) is 10.8 Å². The lowest BCUT2D eigenvalue weighted by Gasteiger charge is -2.21. The number of ether oxygens (including phenoxy) is 2. The van der Waals surface area contributed by atoms with E-state index in [9.17, 15) is 23.7 Å². The number of esters is 2. The van der Waals surface area contributed by atoms with E-state index in [1.165, 1.54) is 30.3 Å². The van der Waals surface area contributed by atoms with Crippen LogP contribution in [0.2, 0.25) is 0 Å². The van der Waals surface area contributed by atoms with Crippen molar-refractivity contribution in [3.63, 3.8) is 0 Å². The average Bonchev–Trinajstić information content (AvgIpc) is 2.71. The molecule has 0 radical (unpaired) electrons. The molecular formula is C23H32NO9P. The molecule has 0 saturated heterocycles. The number of allylic oxidation sites excluding steroid dienone is 1. The zero-order chi connectivity index (χ0) is 26.3. The van der Waals surface area contributed by atoms with Gasteiger partial charge in [-0.25, -0.2) is 0 Å². The zero-order valence-corrected chi connectivity index (χ0v) is 21.4. The number of carbonyl (C=O) groups is 4. The van der Waals surface area contributed by atoms with Gasteiger partial charge in [0.1, 0.15) is 0 Å². The summed E-state index contributed by atoms with van der Waals surface area (Å²) in [5.74, 6) is -1.92. The molecule has 0 fully saturated rings. The predicted molar refractivity (Wildman–Crippen MR) is 124 cm³/mol. The molecule has 188 valence electrons. The Hall–Kier alpha value is -2.81. The van der Waals surface area contributed by atoms with Crippen LogP contribution in [0.25, 0.3) is 5.57 Å². The van der Waals surface area contributed by atoms with Crippen LogP contribution in [-0.4, -0.2) is 37.0 Å². The van der Waals surface area contributed by atoms with E-state index in [1.807, 2.05) is 0 Å². The van der Waals surface area contributed by atoms with E-state index >= 15 is 0 Å². The lowest BCUT2D eigenvalue weighted by Crippen LogP contribution is -2.25. The molecule has 0 spiro atoms. The van der Waals surface area contributed by atoms with Crippen molar-refractivity contribution in [2.45, 2.75) is 48.5 Å². The highest BCUT2D eigenvalue weighted by atomic mass is 31.2. The summed E-state index contributed by atoms with van der Waals surface area (Å²) in [6.45, 7) is 9.69. The van der Waals surface area contributed by atoms with Crippen molar-refractivity contribution in [2.75, 3.05) is 13.6 Å². The Bertz CT molecular complexity index is 963. The molecule has 34 heavy (non-hydrogen) atoms. The van der Waals surface area contributed by atoms with Crippen LogP contribution in [-0.2, 0) is 37.5 Å². The molecule has 2 N–H and O–H groups in total. The maximum atomic E-state index is 13.3. The van der Waals surface area contributed by atoms with Crippen molar-refractivity contribution in [3.05, 3.63) is 41.5 Å². The number of hydrogen-bond donors (Lipinski definition) is 1. The molecule has 0 saturated carbocycles. The second-order valence-electron chi connectivity index (χ2n) is 9.47. The quantitative estimate of drug-likeness (QED) is 0.219. The maximum absolute atomic E-state index is 13.3. The number of nitrogens with two attached hydrogens (primary N) is 1. The topological polar surface area (TPSA) is 148 Å². The fourth-order valence-electron chi connectivity index (χ4n) is 2.22. The van der Waals surface area contributed by atoms with Crippen LogP contribution in [0.5, 0.6) is 0 Å². The standard InChI is InChI=1S/C23H32NO9P/c1-15(12-18(24)25)16-8-10-17(11-9-16)19(26)34(29,32-13-30-20(27)22(2,3)4)33-14-31-21(28)23(5,6)7/h8-12H,13-14H2,1-7H3,(H2,24,25)/b15-12+. The highest BCUT2D eigenvalue weighted by Crippen LogP contribution is 2.51.